The number of rotatable bonds is 6. The Morgan fingerprint density at radius 3 is 2.82 bits per heavy atom. The zero-order valence-corrected chi connectivity index (χ0v) is 19.1. The van der Waals surface area contributed by atoms with Gasteiger partial charge in [0.1, 0.15) is 23.2 Å². The molecule has 2 aliphatic rings. The number of methoxy groups -OCH3 is 1. The smallest absolute Gasteiger partial charge is 0.262 e. The molecule has 0 radical (unpaired) electrons. The molecule has 4 rings (SSSR count). The van der Waals surface area contributed by atoms with Gasteiger partial charge < -0.3 is 29.2 Å². The molecular weight excluding hydrogens is 424 g/mol. The van der Waals surface area contributed by atoms with Crippen LogP contribution in [0.5, 0.6) is 11.6 Å². The lowest BCUT2D eigenvalue weighted by molar-refractivity contribution is -0.118. The maximum atomic E-state index is 12.5. The number of benzene rings is 1. The first-order valence-corrected chi connectivity index (χ1v) is 10.9. The van der Waals surface area contributed by atoms with Crippen LogP contribution in [0.25, 0.3) is 0 Å². The molecule has 1 N–H and O–H groups in total. The molecule has 0 unspecified atom stereocenters. The predicted molar refractivity (Wildman–Crippen MR) is 122 cm³/mol. The third-order valence-corrected chi connectivity index (χ3v) is 5.68. The Morgan fingerprint density at radius 1 is 1.30 bits per heavy atom. The molecule has 0 atom stereocenters. The molecule has 0 spiro atoms. The highest BCUT2D eigenvalue weighted by Crippen LogP contribution is 2.38. The number of morpholine rings is 1. The molecule has 1 aromatic heterocycles. The molecule has 2 aromatic rings. The fraction of sp³-hybridized carbons (Fsp3) is 0.458. The minimum absolute atomic E-state index is 0.163. The maximum Gasteiger partial charge on any atom is 0.262 e. The number of nitriles is 1. The van der Waals surface area contributed by atoms with E-state index in [-0.39, 0.29) is 18.4 Å². The van der Waals surface area contributed by atoms with Crippen molar-refractivity contribution in [2.45, 2.75) is 32.5 Å². The number of pyridine rings is 1. The zero-order chi connectivity index (χ0) is 23.4. The highest BCUT2D eigenvalue weighted by atomic mass is 16.5. The summed E-state index contributed by atoms with van der Waals surface area (Å²) in [7, 11) is 1.56. The first-order chi connectivity index (χ1) is 15.9. The van der Waals surface area contributed by atoms with Crippen LogP contribution in [-0.4, -0.2) is 56.5 Å². The predicted octanol–water partition coefficient (Wildman–Crippen LogP) is 2.67. The highest BCUT2D eigenvalue weighted by molar-refractivity contribution is 5.92. The van der Waals surface area contributed by atoms with Gasteiger partial charge in [-0.25, -0.2) is 0 Å². The zero-order valence-electron chi connectivity index (χ0n) is 19.1. The molecular formula is C24H28N4O5. The quantitative estimate of drug-likeness (QED) is 0.713. The second-order valence-electron chi connectivity index (χ2n) is 8.58. The summed E-state index contributed by atoms with van der Waals surface area (Å²) in [6, 6.07) is 9.30. The fourth-order valence-corrected chi connectivity index (χ4v) is 4.01. The van der Waals surface area contributed by atoms with Crippen molar-refractivity contribution in [3.05, 3.63) is 41.0 Å². The fourth-order valence-electron chi connectivity index (χ4n) is 4.01. The van der Waals surface area contributed by atoms with E-state index in [1.165, 1.54) is 0 Å². The number of hydrogen-bond acceptors (Lipinski definition) is 8. The monoisotopic (exact) mass is 452 g/mol. The van der Waals surface area contributed by atoms with E-state index < -0.39 is 5.60 Å². The van der Waals surface area contributed by atoms with Crippen LogP contribution in [-0.2, 0) is 27.3 Å². The first-order valence-electron chi connectivity index (χ1n) is 10.9. The van der Waals surface area contributed by atoms with Gasteiger partial charge in [0, 0.05) is 36.8 Å². The lowest BCUT2D eigenvalue weighted by Crippen LogP contribution is -2.39. The van der Waals surface area contributed by atoms with E-state index in [0.29, 0.717) is 56.3 Å². The van der Waals surface area contributed by atoms with Gasteiger partial charge in [-0.15, -0.1) is 0 Å². The Bertz CT molecular complexity index is 1070. The van der Waals surface area contributed by atoms with Crippen LogP contribution < -0.4 is 19.7 Å². The van der Waals surface area contributed by atoms with Crippen LogP contribution in [0.2, 0.25) is 0 Å². The van der Waals surface area contributed by atoms with Crippen LogP contribution in [0.15, 0.2) is 24.3 Å². The second kappa shape index (κ2) is 9.65. The highest BCUT2D eigenvalue weighted by Gasteiger charge is 2.34. The Kier molecular flexibility index (Phi) is 6.67. The number of ether oxygens (including phenoxy) is 4. The largest absolute Gasteiger partial charge is 0.497 e. The molecule has 1 amide bonds. The molecule has 1 aromatic carbocycles. The third-order valence-electron chi connectivity index (χ3n) is 5.68. The second-order valence-corrected chi connectivity index (χ2v) is 8.58. The minimum atomic E-state index is -0.413. The molecule has 9 heteroatoms. The van der Waals surface area contributed by atoms with Crippen molar-refractivity contribution in [1.82, 2.24) is 4.98 Å². The molecule has 33 heavy (non-hydrogen) atoms. The summed E-state index contributed by atoms with van der Waals surface area (Å²) < 4.78 is 22.5. The lowest BCUT2D eigenvalue weighted by atomic mass is 9.89. The molecule has 9 nitrogen and oxygen atoms in total. The third kappa shape index (κ3) is 5.18. The van der Waals surface area contributed by atoms with Gasteiger partial charge in [0.15, 0.2) is 6.61 Å². The average Bonchev–Trinajstić information content (AvgIpc) is 2.82. The number of fused-ring (bicyclic) bond motifs is 1. The van der Waals surface area contributed by atoms with E-state index >= 15 is 0 Å². The molecule has 0 saturated carbocycles. The topological polar surface area (TPSA) is 106 Å². The molecule has 0 aliphatic carbocycles. The Balaban J connectivity index is 1.60. The van der Waals surface area contributed by atoms with Crippen LogP contribution in [0, 0.1) is 11.3 Å². The normalized spacial score (nSPS) is 17.0. The number of anilines is 2. The molecule has 1 fully saturated rings. The van der Waals surface area contributed by atoms with Crippen molar-refractivity contribution in [1.29, 1.82) is 5.26 Å². The van der Waals surface area contributed by atoms with E-state index in [1.807, 2.05) is 13.8 Å². The number of carbonyl (C=O) groups excluding carboxylic acids is 1. The van der Waals surface area contributed by atoms with Crippen molar-refractivity contribution in [3.63, 3.8) is 0 Å². The number of nitrogens with zero attached hydrogens (tertiary/aromatic N) is 3. The maximum absolute atomic E-state index is 12.5. The van der Waals surface area contributed by atoms with Crippen molar-refractivity contribution in [2.24, 2.45) is 0 Å². The van der Waals surface area contributed by atoms with Gasteiger partial charge in [-0.3, -0.25) is 4.79 Å². The first kappa shape index (κ1) is 22.8. The van der Waals surface area contributed by atoms with E-state index in [4.69, 9.17) is 18.9 Å². The minimum Gasteiger partial charge on any atom is -0.497 e. The van der Waals surface area contributed by atoms with Crippen LogP contribution >= 0.6 is 0 Å². The SMILES string of the molecule is COc1cccc(NC(=O)COc2nc(N3CCOCC3)c3c(c2C#N)CC(C)(C)OC3)c1. The molecule has 0 bridgehead atoms. The van der Waals surface area contributed by atoms with Crippen molar-refractivity contribution < 1.29 is 23.7 Å². The van der Waals surface area contributed by atoms with Crippen molar-refractivity contribution in [3.8, 4) is 17.7 Å². The van der Waals surface area contributed by atoms with E-state index in [0.717, 1.165) is 16.9 Å². The number of nitrogens with one attached hydrogen (secondary N) is 1. The van der Waals surface area contributed by atoms with Gasteiger partial charge in [-0.1, -0.05) is 6.07 Å². The summed E-state index contributed by atoms with van der Waals surface area (Å²) in [5.41, 5.74) is 2.31. The van der Waals surface area contributed by atoms with Gasteiger partial charge in [0.2, 0.25) is 5.88 Å². The number of amides is 1. The summed E-state index contributed by atoms with van der Waals surface area (Å²) in [6.07, 6.45) is 0.553. The standard InChI is InChI=1S/C24H28N4O5/c1-24(2)12-18-19(13-25)23(27-22(20(18)14-33-24)28-7-9-31-10-8-28)32-15-21(29)26-16-5-4-6-17(11-16)30-3/h4-6,11H,7-10,12,14-15H2,1-3H3,(H,26,29). The van der Waals surface area contributed by atoms with Gasteiger partial charge in [0.25, 0.3) is 5.91 Å². The Morgan fingerprint density at radius 2 is 2.09 bits per heavy atom. The molecule has 174 valence electrons. The summed E-state index contributed by atoms with van der Waals surface area (Å²) >= 11 is 0. The van der Waals surface area contributed by atoms with Crippen molar-refractivity contribution >= 4 is 17.4 Å². The lowest BCUT2D eigenvalue weighted by Gasteiger charge is -2.36. The van der Waals surface area contributed by atoms with E-state index in [9.17, 15) is 10.1 Å². The number of aromatic nitrogens is 1. The summed E-state index contributed by atoms with van der Waals surface area (Å²) in [6.45, 7) is 6.65. The van der Waals surface area contributed by atoms with Crippen LogP contribution in [0.4, 0.5) is 11.5 Å². The summed E-state index contributed by atoms with van der Waals surface area (Å²) in [4.78, 5) is 19.3. The van der Waals surface area contributed by atoms with Crippen LogP contribution in [0.1, 0.15) is 30.5 Å². The Hall–Kier alpha value is -3.35. The van der Waals surface area contributed by atoms with Crippen LogP contribution in [0.3, 0.4) is 0 Å². The van der Waals surface area contributed by atoms with Gasteiger partial charge >= 0.3 is 0 Å². The van der Waals surface area contributed by atoms with E-state index in [2.05, 4.69) is 21.3 Å². The van der Waals surface area contributed by atoms with E-state index in [1.54, 1.807) is 31.4 Å². The van der Waals surface area contributed by atoms with Gasteiger partial charge in [0.05, 0.1) is 32.5 Å². The number of hydrogen-bond donors (Lipinski definition) is 1. The van der Waals surface area contributed by atoms with Gasteiger partial charge in [-0.05, 0) is 31.5 Å². The molecule has 1 saturated heterocycles. The average molecular weight is 453 g/mol. The summed E-state index contributed by atoms with van der Waals surface area (Å²) in [5, 5.41) is 12.7. The number of carbonyl (C=O) groups is 1. The van der Waals surface area contributed by atoms with Gasteiger partial charge in [-0.2, -0.15) is 10.2 Å². The summed E-state index contributed by atoms with van der Waals surface area (Å²) in [5.74, 6) is 1.17. The molecule has 2 aliphatic heterocycles. The van der Waals surface area contributed by atoms with Crippen molar-refractivity contribution in [2.75, 3.05) is 50.2 Å². The Labute approximate surface area is 193 Å². The molecule has 3 heterocycles.